The van der Waals surface area contributed by atoms with Crippen molar-refractivity contribution in [2.75, 3.05) is 0 Å². The highest BCUT2D eigenvalue weighted by Gasteiger charge is 2.00. The molecule has 0 unspecified atom stereocenters. The van der Waals surface area contributed by atoms with Gasteiger partial charge in [-0.1, -0.05) is 36.4 Å². The summed E-state index contributed by atoms with van der Waals surface area (Å²) in [6.07, 6.45) is 5.63. The Morgan fingerprint density at radius 1 is 1.00 bits per heavy atom. The van der Waals surface area contributed by atoms with Gasteiger partial charge in [-0.3, -0.25) is 0 Å². The van der Waals surface area contributed by atoms with Crippen LogP contribution < -0.4 is 4.74 Å². The number of benzene rings is 2. The van der Waals surface area contributed by atoms with Gasteiger partial charge in [0.2, 0.25) is 0 Å². The summed E-state index contributed by atoms with van der Waals surface area (Å²) in [6, 6.07) is 17.8. The summed E-state index contributed by atoms with van der Waals surface area (Å²) < 4.78 is 5.76. The Balaban J connectivity index is 1.75. The number of allylic oxidation sites excluding steroid dienone is 1. The van der Waals surface area contributed by atoms with Crippen molar-refractivity contribution in [3.8, 4) is 11.5 Å². The van der Waals surface area contributed by atoms with E-state index in [1.807, 2.05) is 42.5 Å². The number of aliphatic carboxylic acids is 1. The molecule has 0 bridgehead atoms. The molecule has 1 N–H and O–H groups in total. The summed E-state index contributed by atoms with van der Waals surface area (Å²) in [6.45, 7) is 1.63. The van der Waals surface area contributed by atoms with Crippen LogP contribution in [0.25, 0.3) is 0 Å². The molecule has 0 aliphatic rings. The highest BCUT2D eigenvalue weighted by molar-refractivity contribution is 5.85. The predicted octanol–water partition coefficient (Wildman–Crippen LogP) is 5.22. The van der Waals surface area contributed by atoms with E-state index in [4.69, 9.17) is 9.84 Å². The topological polar surface area (TPSA) is 46.5 Å². The number of carboxylic acid groups (broad SMARTS) is 1. The highest BCUT2D eigenvalue weighted by atomic mass is 16.5. The van der Waals surface area contributed by atoms with Crippen LogP contribution in [0.2, 0.25) is 0 Å². The quantitative estimate of drug-likeness (QED) is 0.537. The molecular weight excluding hydrogens is 288 g/mol. The minimum Gasteiger partial charge on any atom is -0.478 e. The number of ether oxygens (including phenoxy) is 1. The van der Waals surface area contributed by atoms with Crippen molar-refractivity contribution in [1.82, 2.24) is 0 Å². The van der Waals surface area contributed by atoms with Gasteiger partial charge in [-0.15, -0.1) is 0 Å². The first kappa shape index (κ1) is 16.8. The zero-order valence-corrected chi connectivity index (χ0v) is 13.4. The molecule has 0 aliphatic heterocycles. The molecular formula is C20H22O3. The molecule has 0 aliphatic carbocycles. The van der Waals surface area contributed by atoms with E-state index >= 15 is 0 Å². The second-order valence-corrected chi connectivity index (χ2v) is 5.50. The molecule has 0 aromatic heterocycles. The maximum absolute atomic E-state index is 10.7. The second-order valence-electron chi connectivity index (χ2n) is 5.50. The Bertz CT molecular complexity index is 642. The molecule has 0 fully saturated rings. The van der Waals surface area contributed by atoms with Crippen LogP contribution in [0.1, 0.15) is 31.7 Å². The Hall–Kier alpha value is -2.55. The average Bonchev–Trinajstić information content (AvgIpc) is 2.56. The van der Waals surface area contributed by atoms with E-state index in [1.165, 1.54) is 5.56 Å². The first-order chi connectivity index (χ1) is 11.1. The number of rotatable bonds is 8. The Morgan fingerprint density at radius 2 is 1.65 bits per heavy atom. The van der Waals surface area contributed by atoms with Crippen LogP contribution in [-0.4, -0.2) is 11.1 Å². The lowest BCUT2D eigenvalue weighted by Gasteiger charge is -2.06. The lowest BCUT2D eigenvalue weighted by Crippen LogP contribution is -1.95. The lowest BCUT2D eigenvalue weighted by atomic mass is 10.1. The van der Waals surface area contributed by atoms with Crippen molar-refractivity contribution >= 4 is 5.97 Å². The monoisotopic (exact) mass is 310 g/mol. The SMILES string of the molecule is CC(=CCCCCc1ccc(Oc2ccccc2)cc1)C(=O)O. The third kappa shape index (κ3) is 5.99. The summed E-state index contributed by atoms with van der Waals surface area (Å²) in [5, 5.41) is 8.77. The Labute approximate surface area is 137 Å². The third-order valence-corrected chi connectivity index (χ3v) is 3.61. The number of hydrogen-bond donors (Lipinski definition) is 1. The van der Waals surface area contributed by atoms with Gasteiger partial charge in [-0.05, 0) is 62.4 Å². The van der Waals surface area contributed by atoms with Crippen LogP contribution >= 0.6 is 0 Å². The molecule has 0 atom stereocenters. The fraction of sp³-hybridized carbons (Fsp3) is 0.250. The molecule has 120 valence electrons. The summed E-state index contributed by atoms with van der Waals surface area (Å²) in [7, 11) is 0. The Kier molecular flexibility index (Phi) is 6.42. The fourth-order valence-electron chi connectivity index (χ4n) is 2.23. The van der Waals surface area contributed by atoms with E-state index in [-0.39, 0.29) is 0 Å². The number of unbranched alkanes of at least 4 members (excludes halogenated alkanes) is 2. The zero-order valence-electron chi connectivity index (χ0n) is 13.4. The first-order valence-electron chi connectivity index (χ1n) is 7.87. The standard InChI is InChI=1S/C20H22O3/c1-16(20(21)22)8-4-2-5-9-17-12-14-19(15-13-17)23-18-10-6-3-7-11-18/h3,6-8,10-15H,2,4-5,9H2,1H3,(H,21,22). The maximum Gasteiger partial charge on any atom is 0.330 e. The van der Waals surface area contributed by atoms with Crippen LogP contribution in [0.15, 0.2) is 66.2 Å². The van der Waals surface area contributed by atoms with Gasteiger partial charge in [0.15, 0.2) is 0 Å². The number of hydrogen-bond acceptors (Lipinski definition) is 2. The summed E-state index contributed by atoms with van der Waals surface area (Å²) >= 11 is 0. The van der Waals surface area contributed by atoms with Gasteiger partial charge in [-0.2, -0.15) is 0 Å². The van der Waals surface area contributed by atoms with Crippen LogP contribution in [0.5, 0.6) is 11.5 Å². The minimum atomic E-state index is -0.834. The van der Waals surface area contributed by atoms with Gasteiger partial charge < -0.3 is 9.84 Å². The van der Waals surface area contributed by atoms with Crippen molar-refractivity contribution in [2.24, 2.45) is 0 Å². The molecule has 0 heterocycles. The van der Waals surface area contributed by atoms with Gasteiger partial charge in [0, 0.05) is 5.57 Å². The highest BCUT2D eigenvalue weighted by Crippen LogP contribution is 2.21. The van der Waals surface area contributed by atoms with E-state index in [9.17, 15) is 4.79 Å². The molecule has 0 spiro atoms. The van der Waals surface area contributed by atoms with E-state index in [0.29, 0.717) is 5.57 Å². The van der Waals surface area contributed by atoms with E-state index in [2.05, 4.69) is 12.1 Å². The van der Waals surface area contributed by atoms with Crippen molar-refractivity contribution in [3.05, 3.63) is 71.8 Å². The van der Waals surface area contributed by atoms with E-state index in [1.54, 1.807) is 13.0 Å². The normalized spacial score (nSPS) is 11.3. The zero-order chi connectivity index (χ0) is 16.5. The third-order valence-electron chi connectivity index (χ3n) is 3.61. The number of carbonyl (C=O) groups is 1. The van der Waals surface area contributed by atoms with Crippen molar-refractivity contribution in [1.29, 1.82) is 0 Å². The molecule has 3 heteroatoms. The predicted molar refractivity (Wildman–Crippen MR) is 91.9 cm³/mol. The molecule has 2 aromatic carbocycles. The summed E-state index contributed by atoms with van der Waals surface area (Å²) in [5.74, 6) is 0.833. The number of aryl methyl sites for hydroxylation is 1. The minimum absolute atomic E-state index is 0.424. The lowest BCUT2D eigenvalue weighted by molar-refractivity contribution is -0.132. The van der Waals surface area contributed by atoms with Gasteiger partial charge >= 0.3 is 5.97 Å². The Morgan fingerprint density at radius 3 is 2.30 bits per heavy atom. The van der Waals surface area contributed by atoms with Crippen molar-refractivity contribution < 1.29 is 14.6 Å². The molecule has 23 heavy (non-hydrogen) atoms. The molecule has 2 rings (SSSR count). The molecule has 2 aromatic rings. The average molecular weight is 310 g/mol. The van der Waals surface area contributed by atoms with E-state index in [0.717, 1.165) is 37.2 Å². The molecule has 0 amide bonds. The van der Waals surface area contributed by atoms with Crippen molar-refractivity contribution in [2.45, 2.75) is 32.6 Å². The number of para-hydroxylation sites is 1. The van der Waals surface area contributed by atoms with Gasteiger partial charge in [0.05, 0.1) is 0 Å². The van der Waals surface area contributed by atoms with Crippen molar-refractivity contribution in [3.63, 3.8) is 0 Å². The largest absolute Gasteiger partial charge is 0.478 e. The van der Waals surface area contributed by atoms with E-state index < -0.39 is 5.97 Å². The van der Waals surface area contributed by atoms with Crippen LogP contribution in [0.4, 0.5) is 0 Å². The summed E-state index contributed by atoms with van der Waals surface area (Å²) in [5.41, 5.74) is 1.69. The fourth-order valence-corrected chi connectivity index (χ4v) is 2.23. The molecule has 0 radical (unpaired) electrons. The summed E-state index contributed by atoms with van der Waals surface area (Å²) in [4.78, 5) is 10.7. The van der Waals surface area contributed by atoms with Gasteiger partial charge in [0.25, 0.3) is 0 Å². The molecule has 0 saturated carbocycles. The maximum atomic E-state index is 10.7. The van der Waals surface area contributed by atoms with Gasteiger partial charge in [-0.25, -0.2) is 4.79 Å². The smallest absolute Gasteiger partial charge is 0.330 e. The molecule has 3 nitrogen and oxygen atoms in total. The van der Waals surface area contributed by atoms with Crippen LogP contribution in [0, 0.1) is 0 Å². The van der Waals surface area contributed by atoms with Crippen LogP contribution in [0.3, 0.4) is 0 Å². The second kappa shape index (κ2) is 8.79. The van der Waals surface area contributed by atoms with Crippen LogP contribution in [-0.2, 0) is 11.2 Å². The number of carboxylic acids is 1. The molecule has 0 saturated heterocycles. The van der Waals surface area contributed by atoms with Gasteiger partial charge in [0.1, 0.15) is 11.5 Å². The first-order valence-corrected chi connectivity index (χ1v) is 7.87.